The lowest BCUT2D eigenvalue weighted by Crippen LogP contribution is -2.13. The highest BCUT2D eigenvalue weighted by molar-refractivity contribution is 7.72. The van der Waals surface area contributed by atoms with Gasteiger partial charge in [0, 0.05) is 11.1 Å². The Balaban J connectivity index is 1.60. The summed E-state index contributed by atoms with van der Waals surface area (Å²) in [7, 11) is 3.04. The molecule has 4 rings (SSSR count). The van der Waals surface area contributed by atoms with Crippen LogP contribution < -0.4 is 20.1 Å². The van der Waals surface area contributed by atoms with E-state index in [1.165, 1.54) is 21.7 Å². The Kier molecular flexibility index (Phi) is 6.70. The van der Waals surface area contributed by atoms with Crippen molar-refractivity contribution in [2.24, 2.45) is 0 Å². The molecule has 0 bridgehead atoms. The molecule has 0 N–H and O–H groups in total. The topological polar surface area (TPSA) is 18.5 Å². The summed E-state index contributed by atoms with van der Waals surface area (Å²) in [6, 6.07) is 34.2. The molecule has 3 heteroatoms. The zero-order valence-corrected chi connectivity index (χ0v) is 19.1. The third-order valence-corrected chi connectivity index (χ3v) is 7.99. The summed E-state index contributed by atoms with van der Waals surface area (Å²) in [6.45, 7) is 2.27. The van der Waals surface area contributed by atoms with Gasteiger partial charge in [0.15, 0.2) is 0 Å². The highest BCUT2D eigenvalue weighted by Crippen LogP contribution is 2.36. The molecule has 0 radical (unpaired) electrons. The van der Waals surface area contributed by atoms with Crippen LogP contribution in [0.25, 0.3) is 22.3 Å². The third kappa shape index (κ3) is 4.50. The summed E-state index contributed by atoms with van der Waals surface area (Å²) >= 11 is 0. The van der Waals surface area contributed by atoms with Gasteiger partial charge in [-0.3, -0.25) is 0 Å². The van der Waals surface area contributed by atoms with E-state index in [-0.39, 0.29) is 0 Å². The Labute approximate surface area is 186 Å². The first-order valence-electron chi connectivity index (χ1n) is 10.5. The highest BCUT2D eigenvalue weighted by Gasteiger charge is 2.13. The van der Waals surface area contributed by atoms with Crippen molar-refractivity contribution in [2.45, 2.75) is 6.92 Å². The van der Waals surface area contributed by atoms with Gasteiger partial charge in [-0.1, -0.05) is 91.9 Å². The van der Waals surface area contributed by atoms with Crippen LogP contribution in [-0.2, 0) is 0 Å². The molecule has 0 heterocycles. The number of para-hydroxylation sites is 2. The van der Waals surface area contributed by atoms with Gasteiger partial charge in [0.25, 0.3) is 0 Å². The molecule has 0 aliphatic rings. The van der Waals surface area contributed by atoms with E-state index in [0.717, 1.165) is 28.8 Å². The molecule has 31 heavy (non-hydrogen) atoms. The average Bonchev–Trinajstić information content (AvgIpc) is 2.85. The fraction of sp³-hybridized carbons (Fsp3) is 0.143. The predicted octanol–water partition coefficient (Wildman–Crippen LogP) is 6.49. The van der Waals surface area contributed by atoms with Gasteiger partial charge in [-0.2, -0.15) is 0 Å². The maximum absolute atomic E-state index is 5.53. The highest BCUT2D eigenvalue weighted by atomic mass is 31.1. The van der Waals surface area contributed by atoms with Crippen LogP contribution in [0.15, 0.2) is 97.1 Å². The lowest BCUT2D eigenvalue weighted by atomic mass is 10.0. The second kappa shape index (κ2) is 9.81. The molecule has 0 aromatic heterocycles. The van der Waals surface area contributed by atoms with Crippen molar-refractivity contribution >= 4 is 18.5 Å². The summed E-state index contributed by atoms with van der Waals surface area (Å²) in [5, 5.41) is 2.78. The number of rotatable bonds is 7. The molecular formula is C28H27O2P. The van der Waals surface area contributed by atoms with Crippen LogP contribution >= 0.6 is 7.92 Å². The van der Waals surface area contributed by atoms with Crippen LogP contribution in [0.4, 0.5) is 0 Å². The second-order valence-corrected chi connectivity index (χ2v) is 9.76. The van der Waals surface area contributed by atoms with Gasteiger partial charge in [-0.05, 0) is 48.0 Å². The molecule has 0 saturated carbocycles. The number of hydrogen-bond acceptors (Lipinski definition) is 2. The van der Waals surface area contributed by atoms with Crippen molar-refractivity contribution in [3.05, 3.63) is 97.1 Å². The third-order valence-electron chi connectivity index (χ3n) is 5.51. The van der Waals surface area contributed by atoms with Crippen LogP contribution in [0.1, 0.15) is 6.92 Å². The summed E-state index contributed by atoms with van der Waals surface area (Å²) in [6.07, 6.45) is 1.11. The predicted molar refractivity (Wildman–Crippen MR) is 134 cm³/mol. The molecule has 0 aliphatic carbocycles. The molecule has 0 spiro atoms. The summed E-state index contributed by atoms with van der Waals surface area (Å²) in [5.41, 5.74) is 4.61. The number of methoxy groups -OCH3 is 2. The fourth-order valence-corrected chi connectivity index (χ4v) is 5.97. The smallest absolute Gasteiger partial charge is 0.126 e. The van der Waals surface area contributed by atoms with Crippen molar-refractivity contribution in [1.29, 1.82) is 0 Å². The van der Waals surface area contributed by atoms with Crippen LogP contribution in [0, 0.1) is 0 Å². The Morgan fingerprint density at radius 3 is 1.29 bits per heavy atom. The molecular weight excluding hydrogens is 399 g/mol. The monoisotopic (exact) mass is 426 g/mol. The van der Waals surface area contributed by atoms with Crippen molar-refractivity contribution in [2.75, 3.05) is 20.4 Å². The lowest BCUT2D eigenvalue weighted by molar-refractivity contribution is 0.416. The van der Waals surface area contributed by atoms with Gasteiger partial charge in [-0.15, -0.1) is 0 Å². The van der Waals surface area contributed by atoms with Gasteiger partial charge >= 0.3 is 0 Å². The van der Waals surface area contributed by atoms with Crippen LogP contribution in [-0.4, -0.2) is 20.4 Å². The zero-order valence-electron chi connectivity index (χ0n) is 18.2. The van der Waals surface area contributed by atoms with Crippen molar-refractivity contribution in [3.8, 4) is 33.8 Å². The molecule has 0 unspecified atom stereocenters. The zero-order chi connectivity index (χ0) is 21.6. The Morgan fingerprint density at radius 2 is 0.935 bits per heavy atom. The van der Waals surface area contributed by atoms with E-state index >= 15 is 0 Å². The van der Waals surface area contributed by atoms with Gasteiger partial charge < -0.3 is 9.47 Å². The molecule has 0 amide bonds. The molecule has 0 saturated heterocycles. The van der Waals surface area contributed by atoms with Gasteiger partial charge in [0.05, 0.1) is 14.2 Å². The fourth-order valence-electron chi connectivity index (χ4n) is 3.92. The number of hydrogen-bond donors (Lipinski definition) is 0. The minimum absolute atomic E-state index is 0.396. The standard InChI is InChI=1S/C28H27O2P/c1-4-31(23-17-13-21(14-18-23)25-9-5-7-11-27(25)29-2)24-19-15-22(16-20-24)26-10-6-8-12-28(26)30-3/h5-20H,4H2,1-3H3. The minimum Gasteiger partial charge on any atom is -0.496 e. The quantitative estimate of drug-likeness (QED) is 0.315. The van der Waals surface area contributed by atoms with E-state index in [4.69, 9.17) is 9.47 Å². The summed E-state index contributed by atoms with van der Waals surface area (Å²) in [5.74, 6) is 1.81. The summed E-state index contributed by atoms with van der Waals surface area (Å²) < 4.78 is 11.1. The van der Waals surface area contributed by atoms with E-state index in [0.29, 0.717) is 0 Å². The molecule has 156 valence electrons. The van der Waals surface area contributed by atoms with Crippen LogP contribution in [0.2, 0.25) is 0 Å². The van der Waals surface area contributed by atoms with Gasteiger partial charge in [0.2, 0.25) is 0 Å². The van der Waals surface area contributed by atoms with Gasteiger partial charge in [-0.25, -0.2) is 0 Å². The van der Waals surface area contributed by atoms with Crippen LogP contribution in [0.5, 0.6) is 11.5 Å². The van der Waals surface area contributed by atoms with E-state index in [1.807, 2.05) is 36.4 Å². The van der Waals surface area contributed by atoms with E-state index < -0.39 is 7.92 Å². The average molecular weight is 426 g/mol. The first kappa shape index (κ1) is 21.2. The van der Waals surface area contributed by atoms with Crippen molar-refractivity contribution < 1.29 is 9.47 Å². The number of benzene rings is 4. The molecule has 4 aromatic carbocycles. The summed E-state index contributed by atoms with van der Waals surface area (Å²) in [4.78, 5) is 0. The maximum atomic E-state index is 5.53. The van der Waals surface area contributed by atoms with E-state index in [9.17, 15) is 0 Å². The minimum atomic E-state index is -0.396. The molecule has 0 aliphatic heterocycles. The normalized spacial score (nSPS) is 10.8. The molecule has 4 aromatic rings. The Morgan fingerprint density at radius 1 is 0.548 bits per heavy atom. The Bertz CT molecular complexity index is 1040. The molecule has 0 fully saturated rings. The molecule has 2 nitrogen and oxygen atoms in total. The van der Waals surface area contributed by atoms with Gasteiger partial charge in [0.1, 0.15) is 11.5 Å². The lowest BCUT2D eigenvalue weighted by Gasteiger charge is -2.18. The van der Waals surface area contributed by atoms with Crippen molar-refractivity contribution in [3.63, 3.8) is 0 Å². The molecule has 0 atom stereocenters. The first-order valence-corrected chi connectivity index (χ1v) is 12.0. The van der Waals surface area contributed by atoms with Crippen LogP contribution in [0.3, 0.4) is 0 Å². The van der Waals surface area contributed by atoms with E-state index in [1.54, 1.807) is 14.2 Å². The Hall–Kier alpha value is -3.09. The number of ether oxygens (including phenoxy) is 2. The van der Waals surface area contributed by atoms with Crippen molar-refractivity contribution in [1.82, 2.24) is 0 Å². The largest absolute Gasteiger partial charge is 0.496 e. The first-order chi connectivity index (χ1) is 15.2. The van der Waals surface area contributed by atoms with E-state index in [2.05, 4.69) is 67.6 Å². The maximum Gasteiger partial charge on any atom is 0.126 e. The SMILES string of the molecule is CCP(c1ccc(-c2ccccc2OC)cc1)c1ccc(-c2ccccc2OC)cc1. The second-order valence-electron chi connectivity index (χ2n) is 7.24.